The number of hydrogen-bond acceptors (Lipinski definition) is 4. The van der Waals surface area contributed by atoms with Crippen LogP contribution in [0.1, 0.15) is 31.1 Å². The van der Waals surface area contributed by atoms with Gasteiger partial charge in [0, 0.05) is 17.5 Å². The summed E-state index contributed by atoms with van der Waals surface area (Å²) in [5, 5.41) is 9.63. The molecule has 7 heteroatoms. The molecule has 0 radical (unpaired) electrons. The SMILES string of the molecule is Cc1cc(NC(=O)C(C)NC(=O)CCCc2ccccc2Cl)no1. The number of nitrogens with one attached hydrogen (secondary N) is 2. The van der Waals surface area contributed by atoms with Crippen molar-refractivity contribution in [2.45, 2.75) is 39.2 Å². The molecule has 0 aliphatic heterocycles. The van der Waals surface area contributed by atoms with E-state index in [-0.39, 0.29) is 11.8 Å². The van der Waals surface area contributed by atoms with Crippen molar-refractivity contribution in [3.8, 4) is 0 Å². The van der Waals surface area contributed by atoms with E-state index in [0.29, 0.717) is 35.9 Å². The summed E-state index contributed by atoms with van der Waals surface area (Å²) in [5.41, 5.74) is 1.01. The fraction of sp³-hybridized carbons (Fsp3) is 0.353. The molecule has 0 spiro atoms. The Morgan fingerprint density at radius 3 is 2.75 bits per heavy atom. The second kappa shape index (κ2) is 8.49. The van der Waals surface area contributed by atoms with Crippen LogP contribution >= 0.6 is 11.6 Å². The molecule has 0 aliphatic carbocycles. The number of hydrogen-bond donors (Lipinski definition) is 2. The van der Waals surface area contributed by atoms with E-state index in [1.54, 1.807) is 19.9 Å². The maximum Gasteiger partial charge on any atom is 0.247 e. The van der Waals surface area contributed by atoms with Gasteiger partial charge in [0.2, 0.25) is 11.8 Å². The zero-order chi connectivity index (χ0) is 17.5. The van der Waals surface area contributed by atoms with Crippen molar-refractivity contribution in [2.75, 3.05) is 5.32 Å². The van der Waals surface area contributed by atoms with Crippen LogP contribution in [0.3, 0.4) is 0 Å². The first-order valence-corrected chi connectivity index (χ1v) is 8.10. The molecule has 2 aromatic rings. The molecular formula is C17H20ClN3O3. The van der Waals surface area contributed by atoms with Gasteiger partial charge in [0.1, 0.15) is 11.8 Å². The molecule has 1 heterocycles. The highest BCUT2D eigenvalue weighted by Crippen LogP contribution is 2.17. The second-order valence-corrected chi connectivity index (χ2v) is 5.95. The Kier molecular flexibility index (Phi) is 6.37. The summed E-state index contributed by atoms with van der Waals surface area (Å²) in [6.45, 7) is 3.35. The summed E-state index contributed by atoms with van der Waals surface area (Å²) < 4.78 is 4.87. The highest BCUT2D eigenvalue weighted by Gasteiger charge is 2.16. The fourth-order valence-corrected chi connectivity index (χ4v) is 2.41. The van der Waals surface area contributed by atoms with Crippen molar-refractivity contribution in [1.82, 2.24) is 10.5 Å². The van der Waals surface area contributed by atoms with Crippen LogP contribution in [0.2, 0.25) is 5.02 Å². The van der Waals surface area contributed by atoms with Crippen LogP contribution in [0, 0.1) is 6.92 Å². The zero-order valence-electron chi connectivity index (χ0n) is 13.6. The lowest BCUT2D eigenvalue weighted by Crippen LogP contribution is -2.41. The van der Waals surface area contributed by atoms with E-state index in [1.165, 1.54) is 0 Å². The van der Waals surface area contributed by atoms with Crippen molar-refractivity contribution < 1.29 is 14.1 Å². The van der Waals surface area contributed by atoms with Crippen LogP contribution in [-0.2, 0) is 16.0 Å². The monoisotopic (exact) mass is 349 g/mol. The van der Waals surface area contributed by atoms with Crippen molar-refractivity contribution in [2.24, 2.45) is 0 Å². The number of aromatic nitrogens is 1. The second-order valence-electron chi connectivity index (χ2n) is 5.55. The molecule has 2 amide bonds. The zero-order valence-corrected chi connectivity index (χ0v) is 14.4. The summed E-state index contributed by atoms with van der Waals surface area (Å²) in [6, 6.07) is 8.50. The van der Waals surface area contributed by atoms with Gasteiger partial charge in [-0.3, -0.25) is 9.59 Å². The van der Waals surface area contributed by atoms with E-state index in [0.717, 1.165) is 5.56 Å². The van der Waals surface area contributed by atoms with Gasteiger partial charge >= 0.3 is 0 Å². The third-order valence-corrected chi connectivity index (χ3v) is 3.83. The van der Waals surface area contributed by atoms with Crippen LogP contribution in [0.25, 0.3) is 0 Å². The van der Waals surface area contributed by atoms with Crippen molar-refractivity contribution in [3.63, 3.8) is 0 Å². The first kappa shape index (κ1) is 18.0. The van der Waals surface area contributed by atoms with Gasteiger partial charge in [0.25, 0.3) is 0 Å². The Balaban J connectivity index is 1.73. The third kappa shape index (κ3) is 5.38. The Morgan fingerprint density at radius 2 is 2.08 bits per heavy atom. The number of halogens is 1. The minimum atomic E-state index is -0.658. The number of nitrogens with zero attached hydrogens (tertiary/aromatic N) is 1. The lowest BCUT2D eigenvalue weighted by molar-refractivity contribution is -0.126. The van der Waals surface area contributed by atoms with Crippen LogP contribution in [-0.4, -0.2) is 23.0 Å². The normalized spacial score (nSPS) is 11.8. The van der Waals surface area contributed by atoms with Gasteiger partial charge < -0.3 is 15.2 Å². The number of anilines is 1. The number of amides is 2. The maximum atomic E-state index is 12.0. The van der Waals surface area contributed by atoms with E-state index in [1.807, 2.05) is 24.3 Å². The van der Waals surface area contributed by atoms with Crippen molar-refractivity contribution >= 4 is 29.2 Å². The molecule has 0 bridgehead atoms. The number of carbonyl (C=O) groups excluding carboxylic acids is 2. The molecule has 6 nitrogen and oxygen atoms in total. The van der Waals surface area contributed by atoms with E-state index >= 15 is 0 Å². The van der Waals surface area contributed by atoms with Gasteiger partial charge in [-0.2, -0.15) is 0 Å². The Labute approximate surface area is 145 Å². The number of carbonyl (C=O) groups is 2. The Morgan fingerprint density at radius 1 is 1.33 bits per heavy atom. The molecule has 2 rings (SSSR count). The molecular weight excluding hydrogens is 330 g/mol. The molecule has 0 fully saturated rings. The average molecular weight is 350 g/mol. The van der Waals surface area contributed by atoms with Crippen molar-refractivity contribution in [1.29, 1.82) is 0 Å². The van der Waals surface area contributed by atoms with Crippen molar-refractivity contribution in [3.05, 3.63) is 46.7 Å². The summed E-state index contributed by atoms with van der Waals surface area (Å²) in [4.78, 5) is 23.9. The predicted molar refractivity (Wildman–Crippen MR) is 91.9 cm³/mol. The van der Waals surface area contributed by atoms with Gasteiger partial charge in [-0.1, -0.05) is 35.0 Å². The predicted octanol–water partition coefficient (Wildman–Crippen LogP) is 3.10. The molecule has 0 saturated heterocycles. The molecule has 0 aliphatic rings. The molecule has 128 valence electrons. The molecule has 1 atom stereocenters. The maximum absolute atomic E-state index is 12.0. The largest absolute Gasteiger partial charge is 0.360 e. The summed E-state index contributed by atoms with van der Waals surface area (Å²) in [6.07, 6.45) is 1.70. The Hall–Kier alpha value is -2.34. The lowest BCUT2D eigenvalue weighted by Gasteiger charge is -2.13. The fourth-order valence-electron chi connectivity index (χ4n) is 2.18. The van der Waals surface area contributed by atoms with Crippen LogP contribution in [0.5, 0.6) is 0 Å². The average Bonchev–Trinajstić information content (AvgIpc) is 2.94. The molecule has 1 aromatic heterocycles. The van der Waals surface area contributed by atoms with Gasteiger partial charge in [-0.15, -0.1) is 0 Å². The lowest BCUT2D eigenvalue weighted by atomic mass is 10.1. The highest BCUT2D eigenvalue weighted by atomic mass is 35.5. The van der Waals surface area contributed by atoms with E-state index < -0.39 is 6.04 Å². The Bertz CT molecular complexity index is 715. The number of rotatable bonds is 7. The third-order valence-electron chi connectivity index (χ3n) is 3.46. The molecule has 1 unspecified atom stereocenters. The summed E-state index contributed by atoms with van der Waals surface area (Å²) >= 11 is 6.08. The van der Waals surface area contributed by atoms with E-state index in [9.17, 15) is 9.59 Å². The molecule has 2 N–H and O–H groups in total. The first-order valence-electron chi connectivity index (χ1n) is 7.72. The number of benzene rings is 1. The molecule has 0 saturated carbocycles. The van der Waals surface area contributed by atoms with Crippen LogP contribution in [0.15, 0.2) is 34.9 Å². The van der Waals surface area contributed by atoms with E-state index in [2.05, 4.69) is 15.8 Å². The highest BCUT2D eigenvalue weighted by molar-refractivity contribution is 6.31. The summed E-state index contributed by atoms with van der Waals surface area (Å²) in [5.74, 6) is 0.405. The smallest absolute Gasteiger partial charge is 0.247 e. The van der Waals surface area contributed by atoms with Gasteiger partial charge in [0.15, 0.2) is 5.82 Å². The van der Waals surface area contributed by atoms with Gasteiger partial charge in [-0.25, -0.2) is 0 Å². The van der Waals surface area contributed by atoms with E-state index in [4.69, 9.17) is 16.1 Å². The quantitative estimate of drug-likeness (QED) is 0.804. The number of aryl methyl sites for hydroxylation is 2. The van der Waals surface area contributed by atoms with Gasteiger partial charge in [-0.05, 0) is 38.3 Å². The van der Waals surface area contributed by atoms with Crippen LogP contribution < -0.4 is 10.6 Å². The molecule has 24 heavy (non-hydrogen) atoms. The summed E-state index contributed by atoms with van der Waals surface area (Å²) in [7, 11) is 0. The topological polar surface area (TPSA) is 84.2 Å². The minimum absolute atomic E-state index is 0.180. The standard InChI is InChI=1S/C17H20ClN3O3/c1-11-10-15(21-24-11)20-17(23)12(2)19-16(22)9-5-7-13-6-3-4-8-14(13)18/h3-4,6,8,10,12H,5,7,9H2,1-2H3,(H,19,22)(H,20,21,23). The molecule has 1 aromatic carbocycles. The minimum Gasteiger partial charge on any atom is -0.360 e. The van der Waals surface area contributed by atoms with Gasteiger partial charge in [0.05, 0.1) is 0 Å². The van der Waals surface area contributed by atoms with Crippen LogP contribution in [0.4, 0.5) is 5.82 Å². The first-order chi connectivity index (χ1) is 11.5.